The quantitative estimate of drug-likeness (QED) is 0.573. The fourth-order valence-corrected chi connectivity index (χ4v) is 2.03. The van der Waals surface area contributed by atoms with Gasteiger partial charge in [0.05, 0.1) is 11.6 Å². The van der Waals surface area contributed by atoms with Gasteiger partial charge in [-0.05, 0) is 30.7 Å². The van der Waals surface area contributed by atoms with Gasteiger partial charge in [0.2, 0.25) is 0 Å². The van der Waals surface area contributed by atoms with Crippen LogP contribution in [0.2, 0.25) is 5.02 Å². The van der Waals surface area contributed by atoms with Crippen LogP contribution in [0.1, 0.15) is 61.0 Å². The Kier molecular flexibility index (Phi) is 11.0. The van der Waals surface area contributed by atoms with Crippen molar-refractivity contribution < 1.29 is 19.4 Å². The smallest absolute Gasteiger partial charge is 0.354 e. The third-order valence-corrected chi connectivity index (χ3v) is 3.18. The lowest BCUT2D eigenvalue weighted by molar-refractivity contribution is 0.0520. The number of ketones is 1. The number of aromatic hydroxyl groups is 1. The van der Waals surface area contributed by atoms with E-state index >= 15 is 0 Å². The number of hydrogen-bond donors (Lipinski definition) is 2. The maximum Gasteiger partial charge on any atom is 0.354 e. The Bertz CT molecular complexity index is 680. The van der Waals surface area contributed by atoms with Crippen LogP contribution in [0.4, 0.5) is 0 Å². The van der Waals surface area contributed by atoms with E-state index in [-0.39, 0.29) is 35.3 Å². The van der Waals surface area contributed by atoms with E-state index in [1.807, 2.05) is 27.7 Å². The summed E-state index contributed by atoms with van der Waals surface area (Å²) >= 11 is 5.80. The van der Waals surface area contributed by atoms with Crippen LogP contribution in [0.25, 0.3) is 0 Å². The van der Waals surface area contributed by atoms with Crippen LogP contribution in [-0.2, 0) is 11.2 Å². The normalized spacial score (nSPS) is 9.20. The molecule has 25 heavy (non-hydrogen) atoms. The van der Waals surface area contributed by atoms with E-state index in [4.69, 9.17) is 16.3 Å². The number of benzene rings is 1. The molecular formula is C19H26ClNO4. The first kappa shape index (κ1) is 22.7. The lowest BCUT2D eigenvalue weighted by Crippen LogP contribution is -2.05. The molecule has 2 rings (SSSR count). The topological polar surface area (TPSA) is 79.4 Å². The van der Waals surface area contributed by atoms with Gasteiger partial charge < -0.3 is 14.8 Å². The van der Waals surface area contributed by atoms with Crippen LogP contribution in [0.3, 0.4) is 0 Å². The molecule has 6 heteroatoms. The second-order valence-corrected chi connectivity index (χ2v) is 4.82. The second-order valence-electron chi connectivity index (χ2n) is 4.41. The molecule has 0 aliphatic rings. The number of carbonyl (C=O) groups is 2. The standard InChI is InChI=1S/C15H14ClNO4.2C2H6/c1-2-21-15(20)12-7-10(8-17-12)14(19)6-9-3-4-13(18)11(16)5-9;2*1-2/h3-5,7-8,17-18H,2,6H2,1H3;2*1-2H3. The van der Waals surface area contributed by atoms with E-state index in [1.165, 1.54) is 24.4 Å². The van der Waals surface area contributed by atoms with E-state index in [0.717, 1.165) is 0 Å². The SMILES string of the molecule is CC.CC.CCOC(=O)c1cc(C(=O)Cc2ccc(O)c(Cl)c2)c[nH]1. The first-order valence-electron chi connectivity index (χ1n) is 8.37. The number of ether oxygens (including phenoxy) is 1. The van der Waals surface area contributed by atoms with E-state index in [1.54, 1.807) is 13.0 Å². The van der Waals surface area contributed by atoms with Gasteiger partial charge in [-0.1, -0.05) is 45.4 Å². The third kappa shape index (κ3) is 7.01. The number of nitrogens with one attached hydrogen (secondary N) is 1. The Labute approximate surface area is 154 Å². The summed E-state index contributed by atoms with van der Waals surface area (Å²) in [7, 11) is 0. The van der Waals surface area contributed by atoms with Crippen LogP contribution in [0, 0.1) is 0 Å². The summed E-state index contributed by atoms with van der Waals surface area (Å²) in [5.41, 5.74) is 1.31. The van der Waals surface area contributed by atoms with Crippen molar-refractivity contribution in [2.45, 2.75) is 41.0 Å². The molecule has 0 fully saturated rings. The number of aromatic nitrogens is 1. The van der Waals surface area contributed by atoms with Crippen LogP contribution in [0.5, 0.6) is 5.75 Å². The molecule has 2 aromatic rings. The monoisotopic (exact) mass is 367 g/mol. The zero-order chi connectivity index (χ0) is 19.4. The summed E-state index contributed by atoms with van der Waals surface area (Å²) < 4.78 is 4.84. The zero-order valence-corrected chi connectivity index (χ0v) is 16.1. The highest BCUT2D eigenvalue weighted by atomic mass is 35.5. The van der Waals surface area contributed by atoms with E-state index in [9.17, 15) is 14.7 Å². The van der Waals surface area contributed by atoms with Crippen molar-refractivity contribution >= 4 is 23.4 Å². The fourth-order valence-electron chi connectivity index (χ4n) is 1.83. The highest BCUT2D eigenvalue weighted by Crippen LogP contribution is 2.24. The number of esters is 1. The van der Waals surface area contributed by atoms with Gasteiger partial charge in [-0.3, -0.25) is 4.79 Å². The van der Waals surface area contributed by atoms with Crippen LogP contribution in [-0.4, -0.2) is 28.4 Å². The largest absolute Gasteiger partial charge is 0.506 e. The molecule has 0 aliphatic carbocycles. The van der Waals surface area contributed by atoms with Crippen molar-refractivity contribution in [3.8, 4) is 5.75 Å². The van der Waals surface area contributed by atoms with Crippen molar-refractivity contribution in [2.75, 3.05) is 6.61 Å². The number of Topliss-reactive ketones (excluding diaryl/α,β-unsaturated/α-hetero) is 1. The third-order valence-electron chi connectivity index (χ3n) is 2.88. The average molecular weight is 368 g/mol. The summed E-state index contributed by atoms with van der Waals surface area (Å²) in [4.78, 5) is 26.4. The summed E-state index contributed by atoms with van der Waals surface area (Å²) in [6, 6.07) is 6.06. The molecular weight excluding hydrogens is 342 g/mol. The van der Waals surface area contributed by atoms with Crippen molar-refractivity contribution in [3.63, 3.8) is 0 Å². The highest BCUT2D eigenvalue weighted by Gasteiger charge is 2.14. The molecule has 0 bridgehead atoms. The van der Waals surface area contributed by atoms with Gasteiger partial charge in [0.15, 0.2) is 5.78 Å². The number of phenolic OH excluding ortho intramolecular Hbond substituents is 1. The average Bonchev–Trinajstić information content (AvgIpc) is 3.12. The number of aromatic amines is 1. The number of halogens is 1. The molecule has 0 radical (unpaired) electrons. The minimum absolute atomic E-state index is 0.0286. The molecule has 0 unspecified atom stereocenters. The maximum absolute atomic E-state index is 12.1. The second kappa shape index (κ2) is 12.1. The molecule has 2 N–H and O–H groups in total. The molecule has 0 saturated carbocycles. The summed E-state index contributed by atoms with van der Waals surface area (Å²) in [5.74, 6) is -0.688. The lowest BCUT2D eigenvalue weighted by Gasteiger charge is -2.02. The van der Waals surface area contributed by atoms with Gasteiger partial charge in [0.25, 0.3) is 0 Å². The molecule has 5 nitrogen and oxygen atoms in total. The van der Waals surface area contributed by atoms with Crippen LogP contribution < -0.4 is 0 Å². The minimum Gasteiger partial charge on any atom is -0.506 e. The Hall–Kier alpha value is -2.27. The van der Waals surface area contributed by atoms with Crippen LogP contribution >= 0.6 is 11.6 Å². The van der Waals surface area contributed by atoms with Gasteiger partial charge in [-0.15, -0.1) is 0 Å². The number of H-pyrrole nitrogens is 1. The number of carbonyl (C=O) groups excluding carboxylic acids is 2. The first-order valence-corrected chi connectivity index (χ1v) is 8.75. The van der Waals surface area contributed by atoms with Gasteiger partial charge in [-0.2, -0.15) is 0 Å². The number of phenols is 1. The Morgan fingerprint density at radius 3 is 2.36 bits per heavy atom. The van der Waals surface area contributed by atoms with Crippen molar-refractivity contribution in [1.82, 2.24) is 4.98 Å². The first-order chi connectivity index (χ1) is 12.0. The molecule has 0 amide bonds. The van der Waals surface area contributed by atoms with Crippen molar-refractivity contribution in [1.29, 1.82) is 0 Å². The van der Waals surface area contributed by atoms with Gasteiger partial charge in [-0.25, -0.2) is 4.79 Å². The zero-order valence-electron chi connectivity index (χ0n) is 15.4. The van der Waals surface area contributed by atoms with E-state index in [2.05, 4.69) is 4.98 Å². The van der Waals surface area contributed by atoms with E-state index in [0.29, 0.717) is 11.1 Å². The van der Waals surface area contributed by atoms with E-state index < -0.39 is 5.97 Å². The van der Waals surface area contributed by atoms with Crippen molar-refractivity contribution in [2.24, 2.45) is 0 Å². The number of hydrogen-bond acceptors (Lipinski definition) is 4. The molecule has 0 atom stereocenters. The molecule has 138 valence electrons. The predicted octanol–water partition coefficient (Wildman–Crippen LogP) is 5.03. The fraction of sp³-hybridized carbons (Fsp3) is 0.368. The predicted molar refractivity (Wildman–Crippen MR) is 101 cm³/mol. The molecule has 1 heterocycles. The van der Waals surface area contributed by atoms with Gasteiger partial charge in [0.1, 0.15) is 11.4 Å². The highest BCUT2D eigenvalue weighted by molar-refractivity contribution is 6.32. The summed E-state index contributed by atoms with van der Waals surface area (Å²) in [5, 5.41) is 9.53. The molecule has 0 aliphatic heterocycles. The van der Waals surface area contributed by atoms with Gasteiger partial charge >= 0.3 is 5.97 Å². The van der Waals surface area contributed by atoms with Crippen molar-refractivity contribution in [3.05, 3.63) is 52.3 Å². The molecule has 1 aromatic heterocycles. The summed E-state index contributed by atoms with van der Waals surface area (Å²) in [6.07, 6.45) is 1.59. The molecule has 1 aromatic carbocycles. The lowest BCUT2D eigenvalue weighted by atomic mass is 10.0. The minimum atomic E-state index is -0.496. The number of rotatable bonds is 5. The Morgan fingerprint density at radius 2 is 1.80 bits per heavy atom. The van der Waals surface area contributed by atoms with Crippen LogP contribution in [0.15, 0.2) is 30.5 Å². The Balaban J connectivity index is 0.00000134. The maximum atomic E-state index is 12.1. The summed E-state index contributed by atoms with van der Waals surface area (Å²) in [6.45, 7) is 9.98. The molecule has 0 spiro atoms. The molecule has 0 saturated heterocycles. The van der Waals surface area contributed by atoms with Gasteiger partial charge in [0, 0.05) is 18.2 Å². The Morgan fingerprint density at radius 1 is 1.16 bits per heavy atom.